The highest BCUT2D eigenvalue weighted by atomic mass is 14.9. The molecule has 1 rings (SSSR count). The molecule has 0 fully saturated rings. The van der Waals surface area contributed by atoms with E-state index < -0.39 is 0 Å². The maximum absolute atomic E-state index is 4.33. The fraction of sp³-hybridized carbons (Fsp3) is 0.300. The Balaban J connectivity index is 3.41. The molecule has 128 valence electrons. The van der Waals surface area contributed by atoms with Gasteiger partial charge in [-0.2, -0.15) is 0 Å². The topological polar surface area (TPSA) is 48.8 Å². The number of likely N-dealkylation sites (N-methyl/N-ethyl adjacent to an activating group) is 1. The molecule has 0 heterocycles. The van der Waals surface area contributed by atoms with E-state index in [9.17, 15) is 0 Å². The zero-order valence-electron chi connectivity index (χ0n) is 15.0. The van der Waals surface area contributed by atoms with Crippen LogP contribution in [0.2, 0.25) is 0 Å². The van der Waals surface area contributed by atoms with Gasteiger partial charge in [-0.3, -0.25) is 9.98 Å². The fourth-order valence-electron chi connectivity index (χ4n) is 2.46. The highest BCUT2D eigenvalue weighted by Crippen LogP contribution is 2.30. The summed E-state index contributed by atoms with van der Waals surface area (Å²) in [5, 5.41) is 6.71. The summed E-state index contributed by atoms with van der Waals surface area (Å²) >= 11 is 0. The van der Waals surface area contributed by atoms with E-state index in [1.165, 1.54) is 0 Å². The van der Waals surface area contributed by atoms with Crippen molar-refractivity contribution in [3.05, 3.63) is 60.3 Å². The lowest BCUT2D eigenvalue weighted by Gasteiger charge is -2.22. The van der Waals surface area contributed by atoms with Crippen molar-refractivity contribution in [3.8, 4) is 0 Å². The summed E-state index contributed by atoms with van der Waals surface area (Å²) in [7, 11) is 1.93. The van der Waals surface area contributed by atoms with Crippen molar-refractivity contribution in [2.24, 2.45) is 9.98 Å². The molecular weight excluding hydrogens is 296 g/mol. The van der Waals surface area contributed by atoms with E-state index in [4.69, 9.17) is 0 Å². The third kappa shape index (κ3) is 5.32. The van der Waals surface area contributed by atoms with Crippen molar-refractivity contribution in [3.63, 3.8) is 0 Å². The monoisotopic (exact) mass is 324 g/mol. The van der Waals surface area contributed by atoms with Crippen molar-refractivity contribution in [1.29, 1.82) is 0 Å². The van der Waals surface area contributed by atoms with Crippen LogP contribution in [0.5, 0.6) is 0 Å². The number of hydrogen-bond acceptors (Lipinski definition) is 4. The van der Waals surface area contributed by atoms with E-state index in [0.717, 1.165) is 34.5 Å². The molecule has 0 aromatic heterocycles. The van der Waals surface area contributed by atoms with Crippen LogP contribution in [0.25, 0.3) is 5.57 Å². The van der Waals surface area contributed by atoms with Gasteiger partial charge in [0.05, 0.1) is 6.04 Å². The highest BCUT2D eigenvalue weighted by Gasteiger charge is 2.15. The van der Waals surface area contributed by atoms with Crippen molar-refractivity contribution < 1.29 is 0 Å². The molecule has 4 heteroatoms. The third-order valence-electron chi connectivity index (χ3n) is 3.56. The smallest absolute Gasteiger partial charge is 0.0549 e. The predicted molar refractivity (Wildman–Crippen MR) is 108 cm³/mol. The Morgan fingerprint density at radius 2 is 2.12 bits per heavy atom. The van der Waals surface area contributed by atoms with Crippen LogP contribution < -0.4 is 10.6 Å². The minimum absolute atomic E-state index is 0.0540. The predicted octanol–water partition coefficient (Wildman–Crippen LogP) is 4.25. The van der Waals surface area contributed by atoms with E-state index >= 15 is 0 Å². The second-order valence-corrected chi connectivity index (χ2v) is 5.43. The molecule has 0 amide bonds. The van der Waals surface area contributed by atoms with Gasteiger partial charge in [0.15, 0.2) is 0 Å². The SMILES string of the molecule is C=CCNc1ccc(/C(C=NCC)=C/N=C)cc1C(NC)C(=C)C. The zero-order chi connectivity index (χ0) is 17.9. The van der Waals surface area contributed by atoms with Crippen LogP contribution in [0.3, 0.4) is 0 Å². The molecule has 1 aromatic carbocycles. The Morgan fingerprint density at radius 1 is 1.38 bits per heavy atom. The molecular formula is C20H28N4. The second kappa shape index (κ2) is 10.3. The van der Waals surface area contributed by atoms with E-state index in [2.05, 4.69) is 58.7 Å². The van der Waals surface area contributed by atoms with Gasteiger partial charge in [0.25, 0.3) is 0 Å². The van der Waals surface area contributed by atoms with Gasteiger partial charge < -0.3 is 10.6 Å². The molecule has 1 atom stereocenters. The minimum atomic E-state index is 0.0540. The number of hydrogen-bond donors (Lipinski definition) is 2. The number of anilines is 1. The van der Waals surface area contributed by atoms with Crippen LogP contribution in [0.1, 0.15) is 31.0 Å². The average Bonchev–Trinajstić information content (AvgIpc) is 2.57. The van der Waals surface area contributed by atoms with Crippen LogP contribution >= 0.6 is 0 Å². The molecule has 0 saturated carbocycles. The quantitative estimate of drug-likeness (QED) is 0.499. The van der Waals surface area contributed by atoms with Crippen LogP contribution in [-0.2, 0) is 0 Å². The Labute approximate surface area is 145 Å². The standard InChI is InChI=1S/C20H28N4/c1-7-11-24-19-10-9-16(17(13-21-5)14-23-8-2)12-18(19)20(22-6)15(3)4/h7,9-10,12-14,20,22,24H,1,3,5,8,11H2,2,4,6H3/b17-13+,23-14?. The molecule has 2 N–H and O–H groups in total. The van der Waals surface area contributed by atoms with Gasteiger partial charge in [-0.1, -0.05) is 24.3 Å². The number of nitrogens with zero attached hydrogens (tertiary/aromatic N) is 2. The molecule has 0 bridgehead atoms. The molecule has 4 nitrogen and oxygen atoms in total. The molecule has 1 unspecified atom stereocenters. The summed E-state index contributed by atoms with van der Waals surface area (Å²) in [6.07, 6.45) is 5.40. The first-order valence-corrected chi connectivity index (χ1v) is 8.06. The Hall–Kier alpha value is -2.46. The maximum Gasteiger partial charge on any atom is 0.0549 e. The summed E-state index contributed by atoms with van der Waals surface area (Å²) in [5.74, 6) is 0. The van der Waals surface area contributed by atoms with E-state index in [0.29, 0.717) is 6.54 Å². The van der Waals surface area contributed by atoms with Crippen LogP contribution in [0.15, 0.2) is 59.2 Å². The second-order valence-electron chi connectivity index (χ2n) is 5.43. The molecule has 0 aliphatic heterocycles. The molecule has 0 aliphatic rings. The number of nitrogens with one attached hydrogen (secondary N) is 2. The van der Waals surface area contributed by atoms with Gasteiger partial charge in [0, 0.05) is 36.8 Å². The summed E-state index contributed by atoms with van der Waals surface area (Å²) in [6.45, 7) is 16.9. The first kappa shape index (κ1) is 19.6. The van der Waals surface area contributed by atoms with Gasteiger partial charge in [-0.25, -0.2) is 0 Å². The van der Waals surface area contributed by atoms with Crippen molar-refractivity contribution in [1.82, 2.24) is 5.32 Å². The van der Waals surface area contributed by atoms with E-state index in [1.807, 2.05) is 33.2 Å². The maximum atomic E-state index is 4.33. The number of allylic oxidation sites excluding steroid dienone is 1. The first-order valence-electron chi connectivity index (χ1n) is 8.06. The Bertz CT molecular complexity index is 641. The number of benzene rings is 1. The summed E-state index contributed by atoms with van der Waals surface area (Å²) in [6, 6.07) is 6.31. The van der Waals surface area contributed by atoms with Gasteiger partial charge >= 0.3 is 0 Å². The van der Waals surface area contributed by atoms with Gasteiger partial charge in [0.2, 0.25) is 0 Å². The third-order valence-corrected chi connectivity index (χ3v) is 3.56. The fourth-order valence-corrected chi connectivity index (χ4v) is 2.46. The summed E-state index contributed by atoms with van der Waals surface area (Å²) in [4.78, 5) is 8.23. The van der Waals surface area contributed by atoms with Gasteiger partial charge in [-0.15, -0.1) is 6.58 Å². The average molecular weight is 324 g/mol. The van der Waals surface area contributed by atoms with Gasteiger partial charge in [-0.05, 0) is 50.9 Å². The molecule has 0 saturated heterocycles. The lowest BCUT2D eigenvalue weighted by molar-refractivity contribution is 0.681. The van der Waals surface area contributed by atoms with Crippen molar-refractivity contribution in [2.75, 3.05) is 25.5 Å². The molecule has 0 spiro atoms. The lowest BCUT2D eigenvalue weighted by atomic mass is 9.95. The van der Waals surface area contributed by atoms with E-state index in [1.54, 1.807) is 6.20 Å². The molecule has 24 heavy (non-hydrogen) atoms. The Kier molecular flexibility index (Phi) is 8.44. The first-order chi connectivity index (χ1) is 11.6. The number of aliphatic imine (C=N–C) groups is 2. The lowest BCUT2D eigenvalue weighted by Crippen LogP contribution is -2.19. The molecule has 0 aliphatic carbocycles. The normalized spacial score (nSPS) is 12.9. The zero-order valence-corrected chi connectivity index (χ0v) is 15.0. The minimum Gasteiger partial charge on any atom is -0.381 e. The highest BCUT2D eigenvalue weighted by molar-refractivity contribution is 6.10. The summed E-state index contributed by atoms with van der Waals surface area (Å²) < 4.78 is 0. The van der Waals surface area contributed by atoms with Crippen LogP contribution in [0, 0.1) is 0 Å². The Morgan fingerprint density at radius 3 is 2.67 bits per heavy atom. The van der Waals surface area contributed by atoms with E-state index in [-0.39, 0.29) is 6.04 Å². The largest absolute Gasteiger partial charge is 0.381 e. The number of rotatable bonds is 10. The van der Waals surface area contributed by atoms with Crippen molar-refractivity contribution >= 4 is 24.2 Å². The van der Waals surface area contributed by atoms with Crippen LogP contribution in [0.4, 0.5) is 5.69 Å². The van der Waals surface area contributed by atoms with Crippen LogP contribution in [-0.4, -0.2) is 33.1 Å². The molecule has 0 radical (unpaired) electrons. The van der Waals surface area contributed by atoms with Crippen molar-refractivity contribution in [2.45, 2.75) is 19.9 Å². The van der Waals surface area contributed by atoms with Gasteiger partial charge in [0.1, 0.15) is 0 Å². The summed E-state index contributed by atoms with van der Waals surface area (Å²) in [5.41, 5.74) is 5.20. The molecule has 1 aromatic rings.